The number of halogens is 4. The van der Waals surface area contributed by atoms with Crippen LogP contribution < -0.4 is 0 Å². The Bertz CT molecular complexity index is 178. The van der Waals surface area contributed by atoms with E-state index < -0.39 is 24.3 Å². The zero-order valence-corrected chi connectivity index (χ0v) is 8.82. The lowest BCUT2D eigenvalue weighted by Gasteiger charge is -2.45. The standard InChI is InChI=1S/C9H16F4N/c1-6(2)14-8(3,4)5-9(12,13)7(10)11/h6-7H,5H2,1-4H3/q-1. The van der Waals surface area contributed by atoms with Gasteiger partial charge in [-0.25, -0.2) is 17.6 Å². The van der Waals surface area contributed by atoms with Gasteiger partial charge in [0.15, 0.2) is 0 Å². The van der Waals surface area contributed by atoms with Crippen molar-refractivity contribution in [3.63, 3.8) is 0 Å². The Kier molecular flexibility index (Phi) is 4.36. The summed E-state index contributed by atoms with van der Waals surface area (Å²) in [5, 5.41) is 3.96. The van der Waals surface area contributed by atoms with Crippen molar-refractivity contribution in [1.82, 2.24) is 0 Å². The van der Waals surface area contributed by atoms with Gasteiger partial charge in [0.05, 0.1) is 0 Å². The molecule has 0 aromatic heterocycles. The molecule has 0 radical (unpaired) electrons. The van der Waals surface area contributed by atoms with Crippen LogP contribution in [0.3, 0.4) is 0 Å². The van der Waals surface area contributed by atoms with Crippen LogP contribution in [0.15, 0.2) is 0 Å². The van der Waals surface area contributed by atoms with Crippen molar-refractivity contribution in [2.45, 2.75) is 58.0 Å². The summed E-state index contributed by atoms with van der Waals surface area (Å²) in [6, 6.07) is -0.140. The molecule has 0 aliphatic rings. The maximum absolute atomic E-state index is 12.7. The van der Waals surface area contributed by atoms with Crippen molar-refractivity contribution in [2.24, 2.45) is 0 Å². The van der Waals surface area contributed by atoms with Crippen LogP contribution in [-0.2, 0) is 0 Å². The molecular formula is C9H16F4N-. The maximum Gasteiger partial charge on any atom is 0.306 e. The minimum atomic E-state index is -3.96. The monoisotopic (exact) mass is 214 g/mol. The minimum Gasteiger partial charge on any atom is -0.655 e. The first-order valence-electron chi connectivity index (χ1n) is 4.45. The summed E-state index contributed by atoms with van der Waals surface area (Å²) in [6.07, 6.45) is -4.54. The maximum atomic E-state index is 12.7. The molecule has 0 N–H and O–H groups in total. The molecule has 0 saturated heterocycles. The molecule has 0 heterocycles. The van der Waals surface area contributed by atoms with Gasteiger partial charge in [-0.2, -0.15) is 0 Å². The fraction of sp³-hybridized carbons (Fsp3) is 1.00. The van der Waals surface area contributed by atoms with E-state index in [0.717, 1.165) is 0 Å². The Morgan fingerprint density at radius 3 is 1.86 bits per heavy atom. The molecule has 0 saturated carbocycles. The third kappa shape index (κ3) is 4.79. The Morgan fingerprint density at radius 1 is 1.14 bits per heavy atom. The van der Waals surface area contributed by atoms with Crippen LogP contribution in [0.2, 0.25) is 0 Å². The zero-order valence-electron chi connectivity index (χ0n) is 8.82. The van der Waals surface area contributed by atoms with Crippen molar-refractivity contribution in [3.05, 3.63) is 5.32 Å². The molecule has 0 aliphatic heterocycles. The van der Waals surface area contributed by atoms with E-state index in [4.69, 9.17) is 0 Å². The molecule has 0 aromatic carbocycles. The van der Waals surface area contributed by atoms with E-state index in [1.54, 1.807) is 13.8 Å². The first-order valence-corrected chi connectivity index (χ1v) is 4.45. The average Bonchev–Trinajstić information content (AvgIpc) is 1.79. The van der Waals surface area contributed by atoms with Gasteiger partial charge in [-0.3, -0.25) is 0 Å². The molecule has 14 heavy (non-hydrogen) atoms. The normalized spacial score (nSPS) is 14.1. The lowest BCUT2D eigenvalue weighted by molar-refractivity contribution is -0.139. The largest absolute Gasteiger partial charge is 0.655 e. The highest BCUT2D eigenvalue weighted by Gasteiger charge is 2.42. The van der Waals surface area contributed by atoms with Crippen LogP contribution in [0, 0.1) is 0 Å². The van der Waals surface area contributed by atoms with Crippen LogP contribution in [0.4, 0.5) is 17.6 Å². The average molecular weight is 214 g/mol. The molecule has 0 rings (SSSR count). The second kappa shape index (κ2) is 4.47. The Hall–Kier alpha value is -0.320. The van der Waals surface area contributed by atoms with Crippen LogP contribution in [0.25, 0.3) is 5.32 Å². The SMILES string of the molecule is CC(C)[N-]C(C)(C)CC(F)(F)C(F)F. The van der Waals surface area contributed by atoms with Gasteiger partial charge in [-0.1, -0.05) is 27.7 Å². The van der Waals surface area contributed by atoms with Crippen molar-refractivity contribution in [3.8, 4) is 0 Å². The first-order chi connectivity index (χ1) is 6.07. The predicted molar refractivity (Wildman–Crippen MR) is 48.1 cm³/mol. The molecule has 86 valence electrons. The minimum absolute atomic E-state index is 0.140. The summed E-state index contributed by atoms with van der Waals surface area (Å²) in [7, 11) is 0. The molecule has 0 spiro atoms. The smallest absolute Gasteiger partial charge is 0.306 e. The van der Waals surface area contributed by atoms with Gasteiger partial charge in [-0.15, -0.1) is 11.6 Å². The molecule has 0 atom stereocenters. The van der Waals surface area contributed by atoms with Crippen LogP contribution >= 0.6 is 0 Å². The summed E-state index contributed by atoms with van der Waals surface area (Å²) in [5.41, 5.74) is -1.12. The fourth-order valence-corrected chi connectivity index (χ4v) is 1.40. The highest BCUT2D eigenvalue weighted by atomic mass is 19.3. The number of hydrogen-bond donors (Lipinski definition) is 0. The van der Waals surface area contributed by atoms with E-state index >= 15 is 0 Å². The lowest BCUT2D eigenvalue weighted by atomic mass is 9.95. The molecule has 0 fully saturated rings. The second-order valence-electron chi connectivity index (χ2n) is 4.27. The van der Waals surface area contributed by atoms with Crippen LogP contribution in [0.1, 0.15) is 34.1 Å². The van der Waals surface area contributed by atoms with E-state index in [1.807, 2.05) is 0 Å². The molecule has 0 amide bonds. The number of rotatable bonds is 5. The Balaban J connectivity index is 4.34. The first kappa shape index (κ1) is 13.7. The van der Waals surface area contributed by atoms with Crippen molar-refractivity contribution in [2.75, 3.05) is 0 Å². The predicted octanol–water partition coefficient (Wildman–Crippen LogP) is 3.84. The van der Waals surface area contributed by atoms with E-state index in [-0.39, 0.29) is 6.04 Å². The van der Waals surface area contributed by atoms with E-state index in [0.29, 0.717) is 0 Å². The van der Waals surface area contributed by atoms with E-state index in [9.17, 15) is 17.6 Å². The van der Waals surface area contributed by atoms with Gasteiger partial charge in [-0.05, 0) is 0 Å². The summed E-state index contributed by atoms with van der Waals surface area (Å²) < 4.78 is 49.1. The Morgan fingerprint density at radius 2 is 1.57 bits per heavy atom. The molecular weight excluding hydrogens is 198 g/mol. The highest BCUT2D eigenvalue weighted by Crippen LogP contribution is 2.36. The quantitative estimate of drug-likeness (QED) is 0.617. The Labute approximate surface area is 81.9 Å². The molecule has 0 aliphatic carbocycles. The summed E-state index contributed by atoms with van der Waals surface area (Å²) in [4.78, 5) is 0. The van der Waals surface area contributed by atoms with Gasteiger partial charge in [0.1, 0.15) is 0 Å². The summed E-state index contributed by atoms with van der Waals surface area (Å²) in [6.45, 7) is 6.32. The number of alkyl halides is 4. The van der Waals surface area contributed by atoms with Gasteiger partial charge in [0.2, 0.25) is 0 Å². The van der Waals surface area contributed by atoms with Gasteiger partial charge in [0, 0.05) is 6.42 Å². The molecule has 1 nitrogen and oxygen atoms in total. The van der Waals surface area contributed by atoms with E-state index in [1.165, 1.54) is 13.8 Å². The fourth-order valence-electron chi connectivity index (χ4n) is 1.40. The van der Waals surface area contributed by atoms with Gasteiger partial charge in [0.25, 0.3) is 0 Å². The zero-order chi connectivity index (χ0) is 11.6. The van der Waals surface area contributed by atoms with Gasteiger partial charge >= 0.3 is 12.3 Å². The second-order valence-corrected chi connectivity index (χ2v) is 4.27. The molecule has 0 aromatic rings. The highest BCUT2D eigenvalue weighted by molar-refractivity contribution is 5.06. The van der Waals surface area contributed by atoms with Crippen molar-refractivity contribution >= 4 is 0 Å². The number of nitrogens with zero attached hydrogens (tertiary/aromatic N) is 1. The lowest BCUT2D eigenvalue weighted by Crippen LogP contribution is -2.37. The van der Waals surface area contributed by atoms with Gasteiger partial charge < -0.3 is 5.32 Å². The molecule has 0 unspecified atom stereocenters. The van der Waals surface area contributed by atoms with Crippen molar-refractivity contribution in [1.29, 1.82) is 0 Å². The number of hydrogen-bond acceptors (Lipinski definition) is 0. The van der Waals surface area contributed by atoms with Crippen LogP contribution in [-0.4, -0.2) is 23.9 Å². The van der Waals surface area contributed by atoms with Crippen LogP contribution in [0.5, 0.6) is 0 Å². The molecule has 0 bridgehead atoms. The third-order valence-electron chi connectivity index (χ3n) is 1.60. The molecule has 5 heteroatoms. The summed E-state index contributed by atoms with van der Waals surface area (Å²) in [5.74, 6) is -3.96. The topological polar surface area (TPSA) is 14.1 Å². The summed E-state index contributed by atoms with van der Waals surface area (Å²) >= 11 is 0. The van der Waals surface area contributed by atoms with Crippen molar-refractivity contribution < 1.29 is 17.6 Å². The third-order valence-corrected chi connectivity index (χ3v) is 1.60. The van der Waals surface area contributed by atoms with E-state index in [2.05, 4.69) is 5.32 Å².